The molecule has 0 aliphatic rings. The lowest BCUT2D eigenvalue weighted by Gasteiger charge is -2.23. The predicted octanol–water partition coefficient (Wildman–Crippen LogP) is 1.89. The SMILES string of the molecule is Cc1cc(Br)c(N)cc1S(=O)(=O)N(CCO)CC(F)(F)F. The molecule has 1 aromatic carbocycles. The van der Waals surface area contributed by atoms with E-state index in [9.17, 15) is 21.6 Å². The molecule has 0 aliphatic heterocycles. The van der Waals surface area contributed by atoms with E-state index < -0.39 is 35.9 Å². The minimum atomic E-state index is -4.71. The van der Waals surface area contributed by atoms with Crippen molar-refractivity contribution in [3.63, 3.8) is 0 Å². The third-order valence-corrected chi connectivity index (χ3v) is 5.29. The first-order chi connectivity index (χ1) is 9.49. The van der Waals surface area contributed by atoms with Crippen LogP contribution in [0, 0.1) is 6.92 Å². The summed E-state index contributed by atoms with van der Waals surface area (Å²) in [5.74, 6) is 0. The summed E-state index contributed by atoms with van der Waals surface area (Å²) in [6.45, 7) is -1.61. The zero-order valence-electron chi connectivity index (χ0n) is 11.0. The van der Waals surface area contributed by atoms with E-state index in [1.165, 1.54) is 13.0 Å². The molecule has 1 rings (SSSR count). The van der Waals surface area contributed by atoms with Crippen molar-refractivity contribution in [3.8, 4) is 0 Å². The van der Waals surface area contributed by atoms with E-state index in [0.29, 0.717) is 4.47 Å². The highest BCUT2D eigenvalue weighted by atomic mass is 79.9. The second kappa shape index (κ2) is 6.51. The van der Waals surface area contributed by atoms with E-state index in [-0.39, 0.29) is 20.5 Å². The Morgan fingerprint density at radius 1 is 1.38 bits per heavy atom. The van der Waals surface area contributed by atoms with Gasteiger partial charge in [-0.15, -0.1) is 0 Å². The molecule has 0 bridgehead atoms. The largest absolute Gasteiger partial charge is 0.402 e. The second-order valence-electron chi connectivity index (χ2n) is 4.32. The molecule has 0 atom stereocenters. The maximum absolute atomic E-state index is 12.5. The number of aryl methyl sites for hydroxylation is 1. The van der Waals surface area contributed by atoms with Crippen LogP contribution in [0.1, 0.15) is 5.56 Å². The number of benzene rings is 1. The molecule has 0 saturated heterocycles. The minimum Gasteiger partial charge on any atom is -0.398 e. The van der Waals surface area contributed by atoms with Gasteiger partial charge >= 0.3 is 6.18 Å². The molecule has 10 heteroatoms. The van der Waals surface area contributed by atoms with Crippen LogP contribution in [0.2, 0.25) is 0 Å². The number of aliphatic hydroxyl groups is 1. The van der Waals surface area contributed by atoms with Crippen molar-refractivity contribution in [2.75, 3.05) is 25.4 Å². The van der Waals surface area contributed by atoms with Gasteiger partial charge in [0.1, 0.15) is 6.54 Å². The Kier molecular flexibility index (Phi) is 5.64. The van der Waals surface area contributed by atoms with Crippen LogP contribution in [-0.2, 0) is 10.0 Å². The quantitative estimate of drug-likeness (QED) is 0.751. The standard InChI is InChI=1S/C11H14BrF3N2O3S/c1-7-4-8(12)9(16)5-10(7)21(19,20)17(2-3-18)6-11(13,14)15/h4-5,18H,2-3,6,16H2,1H3. The maximum atomic E-state index is 12.5. The highest BCUT2D eigenvalue weighted by Gasteiger charge is 2.37. The van der Waals surface area contributed by atoms with E-state index in [1.807, 2.05) is 0 Å². The first-order valence-electron chi connectivity index (χ1n) is 5.72. The Labute approximate surface area is 128 Å². The van der Waals surface area contributed by atoms with Gasteiger partial charge in [-0.2, -0.15) is 17.5 Å². The van der Waals surface area contributed by atoms with Gasteiger partial charge < -0.3 is 10.8 Å². The highest BCUT2D eigenvalue weighted by Crippen LogP contribution is 2.29. The summed E-state index contributed by atoms with van der Waals surface area (Å²) in [6.07, 6.45) is -4.71. The van der Waals surface area contributed by atoms with Crippen molar-refractivity contribution in [2.45, 2.75) is 18.0 Å². The van der Waals surface area contributed by atoms with Crippen LogP contribution in [0.15, 0.2) is 21.5 Å². The molecule has 0 radical (unpaired) electrons. The van der Waals surface area contributed by atoms with Gasteiger partial charge in [-0.05, 0) is 40.5 Å². The number of rotatable bonds is 5. The summed E-state index contributed by atoms with van der Waals surface area (Å²) in [7, 11) is -4.41. The first kappa shape index (κ1) is 18.2. The van der Waals surface area contributed by atoms with Crippen LogP contribution < -0.4 is 5.73 Å². The maximum Gasteiger partial charge on any atom is 0.402 e. The van der Waals surface area contributed by atoms with Crippen molar-refractivity contribution in [1.29, 1.82) is 0 Å². The average molecular weight is 391 g/mol. The van der Waals surface area contributed by atoms with Crippen LogP contribution >= 0.6 is 15.9 Å². The van der Waals surface area contributed by atoms with Crippen molar-refractivity contribution in [1.82, 2.24) is 4.31 Å². The summed E-state index contributed by atoms with van der Waals surface area (Å²) in [5.41, 5.74) is 5.93. The lowest BCUT2D eigenvalue weighted by Crippen LogP contribution is -2.40. The van der Waals surface area contributed by atoms with Crippen molar-refractivity contribution < 1.29 is 26.7 Å². The molecule has 3 N–H and O–H groups in total. The molecule has 0 amide bonds. The molecule has 0 fully saturated rings. The molecule has 0 saturated carbocycles. The van der Waals surface area contributed by atoms with Crippen LogP contribution in [0.4, 0.5) is 18.9 Å². The lowest BCUT2D eigenvalue weighted by molar-refractivity contribution is -0.136. The number of nitrogens with two attached hydrogens (primary N) is 1. The molecule has 0 spiro atoms. The highest BCUT2D eigenvalue weighted by molar-refractivity contribution is 9.10. The van der Waals surface area contributed by atoms with Gasteiger partial charge in [-0.3, -0.25) is 0 Å². The summed E-state index contributed by atoms with van der Waals surface area (Å²) in [6, 6.07) is 2.50. The first-order valence-corrected chi connectivity index (χ1v) is 7.95. The predicted molar refractivity (Wildman–Crippen MR) is 75.2 cm³/mol. The van der Waals surface area contributed by atoms with Gasteiger partial charge in [-0.25, -0.2) is 8.42 Å². The number of hydrogen-bond acceptors (Lipinski definition) is 4. The van der Waals surface area contributed by atoms with E-state index in [2.05, 4.69) is 15.9 Å². The monoisotopic (exact) mass is 390 g/mol. The van der Waals surface area contributed by atoms with Gasteiger partial charge in [0.2, 0.25) is 10.0 Å². The zero-order chi connectivity index (χ0) is 16.4. The number of halogens is 4. The second-order valence-corrected chi connectivity index (χ2v) is 7.08. The number of aliphatic hydroxyl groups excluding tert-OH is 1. The van der Waals surface area contributed by atoms with Gasteiger partial charge in [0.15, 0.2) is 0 Å². The molecule has 120 valence electrons. The van der Waals surface area contributed by atoms with E-state index in [0.717, 1.165) is 6.07 Å². The van der Waals surface area contributed by atoms with Gasteiger partial charge in [0, 0.05) is 16.7 Å². The van der Waals surface area contributed by atoms with Crippen molar-refractivity contribution in [3.05, 3.63) is 22.2 Å². The fraction of sp³-hybridized carbons (Fsp3) is 0.455. The number of hydrogen-bond donors (Lipinski definition) is 2. The summed E-state index contributed by atoms with van der Waals surface area (Å²) < 4.78 is 62.8. The fourth-order valence-electron chi connectivity index (χ4n) is 1.68. The third-order valence-electron chi connectivity index (χ3n) is 2.62. The molecule has 5 nitrogen and oxygen atoms in total. The molecule has 0 aliphatic carbocycles. The summed E-state index contributed by atoms with van der Waals surface area (Å²) >= 11 is 3.11. The number of anilines is 1. The van der Waals surface area contributed by atoms with Crippen LogP contribution in [0.25, 0.3) is 0 Å². The lowest BCUT2D eigenvalue weighted by atomic mass is 10.2. The fourth-order valence-corrected chi connectivity index (χ4v) is 3.80. The average Bonchev–Trinajstić information content (AvgIpc) is 2.31. The number of sulfonamides is 1. The normalized spacial score (nSPS) is 12.9. The Bertz CT molecular complexity index is 620. The number of alkyl halides is 3. The van der Waals surface area contributed by atoms with Crippen molar-refractivity contribution >= 4 is 31.6 Å². The molecule has 0 unspecified atom stereocenters. The van der Waals surface area contributed by atoms with Gasteiger partial charge in [0.25, 0.3) is 0 Å². The van der Waals surface area contributed by atoms with Gasteiger partial charge in [0.05, 0.1) is 11.5 Å². The minimum absolute atomic E-state index is 0.0927. The number of nitrogen functional groups attached to an aromatic ring is 1. The van der Waals surface area contributed by atoms with Crippen LogP contribution in [0.5, 0.6) is 0 Å². The molecular weight excluding hydrogens is 377 g/mol. The van der Waals surface area contributed by atoms with Gasteiger partial charge in [-0.1, -0.05) is 0 Å². The Morgan fingerprint density at radius 3 is 2.43 bits per heavy atom. The third kappa shape index (κ3) is 4.56. The molecule has 1 aromatic rings. The van der Waals surface area contributed by atoms with E-state index in [1.54, 1.807) is 0 Å². The summed E-state index contributed by atoms with van der Waals surface area (Å²) in [4.78, 5) is -0.319. The molecular formula is C11H14BrF3N2O3S. The summed E-state index contributed by atoms with van der Waals surface area (Å²) in [5, 5.41) is 8.81. The smallest absolute Gasteiger partial charge is 0.398 e. The number of nitrogens with zero attached hydrogens (tertiary/aromatic N) is 1. The topological polar surface area (TPSA) is 83.6 Å². The van der Waals surface area contributed by atoms with E-state index >= 15 is 0 Å². The zero-order valence-corrected chi connectivity index (χ0v) is 13.4. The van der Waals surface area contributed by atoms with Crippen LogP contribution in [0.3, 0.4) is 0 Å². The van der Waals surface area contributed by atoms with Crippen LogP contribution in [-0.4, -0.2) is 43.7 Å². The van der Waals surface area contributed by atoms with E-state index in [4.69, 9.17) is 10.8 Å². The Balaban J connectivity index is 3.32. The molecule has 21 heavy (non-hydrogen) atoms. The Hall–Kier alpha value is -0.840. The Morgan fingerprint density at radius 2 is 1.95 bits per heavy atom. The van der Waals surface area contributed by atoms with Crippen molar-refractivity contribution in [2.24, 2.45) is 0 Å². The molecule has 0 aromatic heterocycles. The molecule has 0 heterocycles.